The van der Waals surface area contributed by atoms with Gasteiger partial charge >= 0.3 is 5.97 Å². The molecular weight excluding hydrogens is 218 g/mol. The number of ketones is 1. The molecule has 0 aliphatic rings. The predicted octanol–water partition coefficient (Wildman–Crippen LogP) is 1.64. The van der Waals surface area contributed by atoms with Crippen molar-refractivity contribution in [3.63, 3.8) is 0 Å². The summed E-state index contributed by atoms with van der Waals surface area (Å²) in [5, 5.41) is 0. The minimum atomic E-state index is -0.499. The van der Waals surface area contributed by atoms with Gasteiger partial charge in [-0.05, 0) is 19.1 Å². The van der Waals surface area contributed by atoms with Crippen LogP contribution in [0.5, 0.6) is 0 Å². The van der Waals surface area contributed by atoms with Crippen LogP contribution in [0.2, 0.25) is 0 Å². The number of aromatic nitrogens is 1. The zero-order valence-corrected chi connectivity index (χ0v) is 9.12. The van der Waals surface area contributed by atoms with E-state index in [0.29, 0.717) is 12.2 Å². The van der Waals surface area contributed by atoms with Gasteiger partial charge in [0, 0.05) is 18.0 Å². The van der Waals surface area contributed by atoms with Crippen molar-refractivity contribution in [3.05, 3.63) is 30.1 Å². The Balaban J connectivity index is 0.00000196. The summed E-state index contributed by atoms with van der Waals surface area (Å²) < 4.78 is 4.65. The number of nitrogens with zero attached hydrogens (tertiary/aromatic N) is 1. The smallest absolute Gasteiger partial charge is 0.313 e. The first-order chi connectivity index (χ1) is 6.74. The molecule has 4 nitrogen and oxygen atoms in total. The van der Waals surface area contributed by atoms with Gasteiger partial charge in [0.05, 0.1) is 6.61 Å². The number of Topliss-reactive ketones (excluding diaryl/α,β-unsaturated/α-hetero) is 1. The van der Waals surface area contributed by atoms with E-state index in [1.54, 1.807) is 25.3 Å². The highest BCUT2D eigenvalue weighted by atomic mass is 35.5. The molecule has 15 heavy (non-hydrogen) atoms. The highest BCUT2D eigenvalue weighted by Gasteiger charge is 2.11. The highest BCUT2D eigenvalue weighted by Crippen LogP contribution is 2.01. The Hall–Kier alpha value is -1.42. The number of ether oxygens (including phenoxy) is 1. The molecule has 0 saturated heterocycles. The van der Waals surface area contributed by atoms with Gasteiger partial charge < -0.3 is 4.74 Å². The largest absolute Gasteiger partial charge is 0.466 e. The van der Waals surface area contributed by atoms with Gasteiger partial charge in [-0.3, -0.25) is 14.6 Å². The molecule has 1 heterocycles. The maximum Gasteiger partial charge on any atom is 0.313 e. The Morgan fingerprint density at radius 3 is 2.73 bits per heavy atom. The lowest BCUT2D eigenvalue weighted by Crippen LogP contribution is -2.11. The number of carbonyl (C=O) groups excluding carboxylic acids is 2. The summed E-state index contributed by atoms with van der Waals surface area (Å²) in [7, 11) is 0. The van der Waals surface area contributed by atoms with Crippen LogP contribution in [0.4, 0.5) is 0 Å². The molecule has 0 fully saturated rings. The minimum absolute atomic E-state index is 0. The molecule has 0 amide bonds. The van der Waals surface area contributed by atoms with Crippen LogP contribution >= 0.6 is 12.4 Å². The number of halogens is 1. The monoisotopic (exact) mass is 229 g/mol. The number of esters is 1. The summed E-state index contributed by atoms with van der Waals surface area (Å²) in [5.74, 6) is -0.766. The van der Waals surface area contributed by atoms with E-state index >= 15 is 0 Å². The zero-order chi connectivity index (χ0) is 10.4. The fourth-order valence-electron chi connectivity index (χ4n) is 0.973. The van der Waals surface area contributed by atoms with Crippen molar-refractivity contribution in [1.29, 1.82) is 0 Å². The molecular formula is C10H12ClNO3. The quantitative estimate of drug-likeness (QED) is 0.448. The maximum absolute atomic E-state index is 11.4. The predicted molar refractivity (Wildman–Crippen MR) is 57.1 cm³/mol. The van der Waals surface area contributed by atoms with Crippen molar-refractivity contribution < 1.29 is 14.3 Å². The summed E-state index contributed by atoms with van der Waals surface area (Å²) in [5.41, 5.74) is 0.431. The molecule has 0 unspecified atom stereocenters. The van der Waals surface area contributed by atoms with E-state index in [9.17, 15) is 9.59 Å². The van der Waals surface area contributed by atoms with Crippen molar-refractivity contribution in [2.45, 2.75) is 13.3 Å². The maximum atomic E-state index is 11.4. The van der Waals surface area contributed by atoms with Crippen molar-refractivity contribution in [3.8, 4) is 0 Å². The van der Waals surface area contributed by atoms with Crippen LogP contribution in [0.3, 0.4) is 0 Å². The molecule has 82 valence electrons. The van der Waals surface area contributed by atoms with Gasteiger partial charge in [-0.2, -0.15) is 0 Å². The van der Waals surface area contributed by atoms with Crippen LogP contribution in [0.15, 0.2) is 24.5 Å². The van der Waals surface area contributed by atoms with E-state index < -0.39 is 5.97 Å². The second kappa shape index (κ2) is 6.95. The molecule has 1 rings (SSSR count). The number of hydrogen-bond donors (Lipinski definition) is 0. The molecule has 1 aromatic heterocycles. The number of rotatable bonds is 4. The van der Waals surface area contributed by atoms with Crippen molar-refractivity contribution in [2.75, 3.05) is 6.61 Å². The molecule has 0 aliphatic heterocycles. The van der Waals surface area contributed by atoms with Gasteiger partial charge in [0.1, 0.15) is 6.42 Å². The topological polar surface area (TPSA) is 56.3 Å². The third kappa shape index (κ3) is 4.56. The van der Waals surface area contributed by atoms with Crippen molar-refractivity contribution >= 4 is 24.2 Å². The standard InChI is InChI=1S/C10H11NO3.ClH/c1-2-14-10(13)6-9(12)8-4-3-5-11-7-8;/h3-5,7H,2,6H2,1H3;1H. The normalized spacial score (nSPS) is 8.87. The molecule has 0 N–H and O–H groups in total. The Morgan fingerprint density at radius 1 is 1.47 bits per heavy atom. The first-order valence-electron chi connectivity index (χ1n) is 4.33. The fraction of sp³-hybridized carbons (Fsp3) is 0.300. The lowest BCUT2D eigenvalue weighted by Gasteiger charge is -2.00. The average Bonchev–Trinajstić information content (AvgIpc) is 2.19. The van der Waals surface area contributed by atoms with E-state index in [4.69, 9.17) is 0 Å². The van der Waals surface area contributed by atoms with Crippen LogP contribution in [0.25, 0.3) is 0 Å². The van der Waals surface area contributed by atoms with Crippen molar-refractivity contribution in [1.82, 2.24) is 4.98 Å². The summed E-state index contributed by atoms with van der Waals surface area (Å²) >= 11 is 0. The summed E-state index contributed by atoms with van der Waals surface area (Å²) in [6.07, 6.45) is 2.78. The van der Waals surface area contributed by atoms with Crippen LogP contribution in [-0.4, -0.2) is 23.3 Å². The Labute approximate surface area is 94.1 Å². The van der Waals surface area contributed by atoms with Crippen LogP contribution in [-0.2, 0) is 9.53 Å². The van der Waals surface area contributed by atoms with E-state index in [-0.39, 0.29) is 24.6 Å². The highest BCUT2D eigenvalue weighted by molar-refractivity contribution is 6.05. The molecule has 0 bridgehead atoms. The Morgan fingerprint density at radius 2 is 2.20 bits per heavy atom. The molecule has 0 radical (unpaired) electrons. The Bertz CT molecular complexity index is 327. The van der Waals surface area contributed by atoms with Crippen LogP contribution < -0.4 is 0 Å². The summed E-state index contributed by atoms with van der Waals surface area (Å²) in [6.45, 7) is 1.99. The molecule has 0 atom stereocenters. The number of carbonyl (C=O) groups is 2. The molecule has 0 aliphatic carbocycles. The SMILES string of the molecule is CCOC(=O)CC(=O)c1cccnc1.Cl. The van der Waals surface area contributed by atoms with E-state index in [1.165, 1.54) is 6.20 Å². The van der Waals surface area contributed by atoms with Gasteiger partial charge in [0.2, 0.25) is 0 Å². The van der Waals surface area contributed by atoms with Gasteiger partial charge in [-0.15, -0.1) is 12.4 Å². The van der Waals surface area contributed by atoms with Crippen LogP contribution in [0.1, 0.15) is 23.7 Å². The minimum Gasteiger partial charge on any atom is -0.466 e. The fourth-order valence-corrected chi connectivity index (χ4v) is 0.973. The number of hydrogen-bond acceptors (Lipinski definition) is 4. The van der Waals surface area contributed by atoms with E-state index in [0.717, 1.165) is 0 Å². The summed E-state index contributed by atoms with van der Waals surface area (Å²) in [4.78, 5) is 26.1. The molecule has 5 heteroatoms. The van der Waals surface area contributed by atoms with Gasteiger partial charge in [-0.25, -0.2) is 0 Å². The lowest BCUT2D eigenvalue weighted by molar-refractivity contribution is -0.141. The van der Waals surface area contributed by atoms with E-state index in [2.05, 4.69) is 9.72 Å². The Kier molecular flexibility index (Phi) is 6.29. The van der Waals surface area contributed by atoms with Crippen LogP contribution in [0, 0.1) is 0 Å². The van der Waals surface area contributed by atoms with Gasteiger partial charge in [-0.1, -0.05) is 0 Å². The molecule has 1 aromatic rings. The zero-order valence-electron chi connectivity index (χ0n) is 8.30. The third-order valence-electron chi connectivity index (χ3n) is 1.59. The molecule has 0 saturated carbocycles. The second-order valence-corrected chi connectivity index (χ2v) is 2.65. The molecule has 0 aromatic carbocycles. The first-order valence-corrected chi connectivity index (χ1v) is 4.33. The third-order valence-corrected chi connectivity index (χ3v) is 1.59. The second-order valence-electron chi connectivity index (χ2n) is 2.65. The van der Waals surface area contributed by atoms with Crippen molar-refractivity contribution in [2.24, 2.45) is 0 Å². The summed E-state index contributed by atoms with van der Waals surface area (Å²) in [6, 6.07) is 3.27. The first kappa shape index (κ1) is 13.6. The van der Waals surface area contributed by atoms with E-state index in [1.807, 2.05) is 0 Å². The average molecular weight is 230 g/mol. The lowest BCUT2D eigenvalue weighted by atomic mass is 10.1. The molecule has 0 spiro atoms. The van der Waals surface area contributed by atoms with Gasteiger partial charge in [0.25, 0.3) is 0 Å². The number of pyridine rings is 1. The van der Waals surface area contributed by atoms with Gasteiger partial charge in [0.15, 0.2) is 5.78 Å².